The third-order valence-corrected chi connectivity index (χ3v) is 4.46. The van der Waals surface area contributed by atoms with Gasteiger partial charge in [-0.15, -0.1) is 0 Å². The minimum Gasteiger partial charge on any atom is -0.463 e. The minimum atomic E-state index is -0.492. The van der Waals surface area contributed by atoms with Crippen LogP contribution < -0.4 is 5.46 Å². The number of benzene rings is 1. The highest BCUT2D eigenvalue weighted by Gasteiger charge is 2.51. The lowest BCUT2D eigenvalue weighted by atomic mass is 9.79. The summed E-state index contributed by atoms with van der Waals surface area (Å²) in [7, 11) is 0.867. The van der Waals surface area contributed by atoms with E-state index in [0.29, 0.717) is 5.58 Å². The van der Waals surface area contributed by atoms with Gasteiger partial charge in [0, 0.05) is 5.39 Å². The molecule has 0 saturated carbocycles. The number of rotatable bonds is 2. The summed E-state index contributed by atoms with van der Waals surface area (Å²) < 4.78 is 22.2. The Kier molecular flexibility index (Phi) is 3.34. The molecule has 1 saturated heterocycles. The van der Waals surface area contributed by atoms with Crippen molar-refractivity contribution in [3.8, 4) is 0 Å². The number of esters is 1. The molecule has 1 aliphatic heterocycles. The van der Waals surface area contributed by atoms with E-state index in [1.807, 2.05) is 45.9 Å². The Morgan fingerprint density at radius 3 is 2.32 bits per heavy atom. The van der Waals surface area contributed by atoms with Gasteiger partial charge in [-0.05, 0) is 45.3 Å². The summed E-state index contributed by atoms with van der Waals surface area (Å²) in [5, 5.41) is 0.834. The number of furan rings is 1. The van der Waals surface area contributed by atoms with Crippen molar-refractivity contribution >= 4 is 29.5 Å². The molecule has 0 atom stereocenters. The van der Waals surface area contributed by atoms with Crippen molar-refractivity contribution in [2.45, 2.75) is 38.9 Å². The minimum absolute atomic E-state index is 0.184. The first-order valence-electron chi connectivity index (χ1n) is 7.21. The number of carbonyl (C=O) groups is 1. The van der Waals surface area contributed by atoms with Crippen LogP contribution in [0.1, 0.15) is 38.2 Å². The topological polar surface area (TPSA) is 57.9 Å². The van der Waals surface area contributed by atoms with Crippen molar-refractivity contribution in [3.63, 3.8) is 0 Å². The van der Waals surface area contributed by atoms with Gasteiger partial charge in [0.15, 0.2) is 0 Å². The molecule has 1 aliphatic rings. The number of ether oxygens (including phenoxy) is 1. The molecule has 1 aromatic carbocycles. The van der Waals surface area contributed by atoms with Crippen LogP contribution in [-0.2, 0) is 14.0 Å². The normalized spacial score (nSPS) is 19.6. The van der Waals surface area contributed by atoms with Crippen molar-refractivity contribution in [1.29, 1.82) is 0 Å². The Morgan fingerprint density at radius 2 is 1.73 bits per heavy atom. The third-order valence-electron chi connectivity index (χ3n) is 4.46. The fourth-order valence-corrected chi connectivity index (χ4v) is 2.37. The second-order valence-corrected chi connectivity index (χ2v) is 6.49. The van der Waals surface area contributed by atoms with Gasteiger partial charge in [-0.2, -0.15) is 0 Å². The van der Waals surface area contributed by atoms with Crippen LogP contribution in [0.15, 0.2) is 28.7 Å². The fraction of sp³-hybridized carbons (Fsp3) is 0.438. The zero-order chi connectivity index (χ0) is 16.1. The van der Waals surface area contributed by atoms with Crippen LogP contribution in [0, 0.1) is 0 Å². The van der Waals surface area contributed by atoms with Crippen molar-refractivity contribution in [2.75, 3.05) is 7.11 Å². The summed E-state index contributed by atoms with van der Waals surface area (Å²) >= 11 is 0. The van der Waals surface area contributed by atoms with Crippen LogP contribution in [0.4, 0.5) is 0 Å². The number of hydrogen-bond acceptors (Lipinski definition) is 5. The average molecular weight is 302 g/mol. The van der Waals surface area contributed by atoms with E-state index in [1.54, 1.807) is 6.07 Å². The highest BCUT2D eigenvalue weighted by molar-refractivity contribution is 6.62. The molecule has 0 spiro atoms. The van der Waals surface area contributed by atoms with Crippen LogP contribution in [0.25, 0.3) is 11.0 Å². The molecule has 0 N–H and O–H groups in total. The molecule has 0 unspecified atom stereocenters. The zero-order valence-corrected chi connectivity index (χ0v) is 13.4. The second-order valence-electron chi connectivity index (χ2n) is 6.49. The fourth-order valence-electron chi connectivity index (χ4n) is 2.37. The van der Waals surface area contributed by atoms with Crippen molar-refractivity contribution in [3.05, 3.63) is 30.0 Å². The van der Waals surface area contributed by atoms with E-state index in [0.717, 1.165) is 10.8 Å². The van der Waals surface area contributed by atoms with Gasteiger partial charge < -0.3 is 18.5 Å². The van der Waals surface area contributed by atoms with Gasteiger partial charge in [-0.1, -0.05) is 12.1 Å². The van der Waals surface area contributed by atoms with Crippen LogP contribution in [0.5, 0.6) is 0 Å². The van der Waals surface area contributed by atoms with E-state index in [1.165, 1.54) is 7.11 Å². The van der Waals surface area contributed by atoms with Crippen LogP contribution in [0.3, 0.4) is 0 Å². The molecule has 2 heterocycles. The number of fused-ring (bicyclic) bond motifs is 1. The highest BCUT2D eigenvalue weighted by Crippen LogP contribution is 2.36. The lowest BCUT2D eigenvalue weighted by Crippen LogP contribution is -2.41. The Labute approximate surface area is 129 Å². The van der Waals surface area contributed by atoms with Gasteiger partial charge in [0.25, 0.3) is 0 Å². The molecule has 5 nitrogen and oxygen atoms in total. The van der Waals surface area contributed by atoms with Gasteiger partial charge >= 0.3 is 13.1 Å². The first-order chi connectivity index (χ1) is 10.2. The summed E-state index contributed by atoms with van der Waals surface area (Å²) in [4.78, 5) is 11.5. The van der Waals surface area contributed by atoms with E-state index in [2.05, 4.69) is 4.74 Å². The molecular weight excluding hydrogens is 283 g/mol. The maximum absolute atomic E-state index is 11.5. The summed E-state index contributed by atoms with van der Waals surface area (Å²) in [5.74, 6) is -0.308. The first kappa shape index (κ1) is 15.1. The van der Waals surface area contributed by atoms with E-state index in [9.17, 15) is 4.79 Å². The van der Waals surface area contributed by atoms with Crippen LogP contribution in [0.2, 0.25) is 0 Å². The molecule has 0 amide bonds. The van der Waals surface area contributed by atoms with Crippen LogP contribution in [-0.4, -0.2) is 31.4 Å². The van der Waals surface area contributed by atoms with Gasteiger partial charge in [-0.3, -0.25) is 0 Å². The Bertz CT molecular complexity index is 715. The molecule has 3 rings (SSSR count). The first-order valence-corrected chi connectivity index (χ1v) is 7.21. The van der Waals surface area contributed by atoms with Gasteiger partial charge in [0.1, 0.15) is 5.58 Å². The molecule has 0 radical (unpaired) electrons. The monoisotopic (exact) mass is 302 g/mol. The van der Waals surface area contributed by atoms with Gasteiger partial charge in [-0.25, -0.2) is 4.79 Å². The van der Waals surface area contributed by atoms with Crippen LogP contribution >= 0.6 is 0 Å². The molecule has 0 bridgehead atoms. The molecular formula is C16H19BO5. The number of carbonyl (C=O) groups excluding carboxylic acids is 1. The third kappa shape index (κ3) is 2.32. The summed E-state index contributed by atoms with van der Waals surface area (Å²) in [6, 6.07) is 7.30. The van der Waals surface area contributed by atoms with E-state index >= 15 is 0 Å². The molecule has 6 heteroatoms. The predicted octanol–water partition coefficient (Wildman–Crippen LogP) is 2.52. The number of methoxy groups -OCH3 is 1. The van der Waals surface area contributed by atoms with E-state index in [-0.39, 0.29) is 5.76 Å². The molecule has 116 valence electrons. The quantitative estimate of drug-likeness (QED) is 0.630. The standard InChI is InChI=1S/C16H19BO5/c1-15(2)16(3,4)22-17(21-15)11-7-6-10-8-13(14(18)19-5)20-12(10)9-11/h6-9H,1-5H3. The van der Waals surface area contributed by atoms with Gasteiger partial charge in [0.05, 0.1) is 18.3 Å². The Morgan fingerprint density at radius 1 is 1.09 bits per heavy atom. The average Bonchev–Trinajstić information content (AvgIpc) is 2.96. The summed E-state index contributed by atoms with van der Waals surface area (Å²) in [5.41, 5.74) is 0.671. The lowest BCUT2D eigenvalue weighted by Gasteiger charge is -2.32. The Hall–Kier alpha value is -1.79. The highest BCUT2D eigenvalue weighted by atomic mass is 16.7. The maximum atomic E-state index is 11.5. The van der Waals surface area contributed by atoms with Crippen molar-refractivity contribution in [2.24, 2.45) is 0 Å². The summed E-state index contributed by atoms with van der Waals surface area (Å²) in [6.07, 6.45) is 0. The molecule has 1 aromatic heterocycles. The van der Waals surface area contributed by atoms with E-state index < -0.39 is 24.3 Å². The predicted molar refractivity (Wildman–Crippen MR) is 83.3 cm³/mol. The summed E-state index contributed by atoms with van der Waals surface area (Å²) in [6.45, 7) is 8.03. The number of hydrogen-bond donors (Lipinski definition) is 0. The molecule has 22 heavy (non-hydrogen) atoms. The lowest BCUT2D eigenvalue weighted by molar-refractivity contribution is 0.00578. The molecule has 0 aliphatic carbocycles. The SMILES string of the molecule is COC(=O)c1cc2ccc(B3OC(C)(C)C(C)(C)O3)cc2o1. The Balaban J connectivity index is 1.95. The largest absolute Gasteiger partial charge is 0.494 e. The smallest absolute Gasteiger partial charge is 0.463 e. The van der Waals surface area contributed by atoms with Crippen molar-refractivity contribution < 1.29 is 23.3 Å². The van der Waals surface area contributed by atoms with Gasteiger partial charge in [0.2, 0.25) is 5.76 Å². The van der Waals surface area contributed by atoms with Crippen molar-refractivity contribution in [1.82, 2.24) is 0 Å². The molecule has 2 aromatic rings. The zero-order valence-electron chi connectivity index (χ0n) is 13.4. The van der Waals surface area contributed by atoms with E-state index in [4.69, 9.17) is 13.7 Å². The molecule has 1 fully saturated rings. The second kappa shape index (κ2) is 4.86. The maximum Gasteiger partial charge on any atom is 0.494 e.